The maximum absolute atomic E-state index is 12.0. The minimum absolute atomic E-state index is 0.0779. The molecular formula is C15H22O5S. The zero-order chi connectivity index (χ0) is 15.5. The molecule has 1 aliphatic rings. The lowest BCUT2D eigenvalue weighted by atomic mass is 10.2. The van der Waals surface area contributed by atoms with Crippen LogP contribution in [0.3, 0.4) is 0 Å². The van der Waals surface area contributed by atoms with Crippen molar-refractivity contribution in [1.29, 1.82) is 0 Å². The number of aliphatic hydroxyl groups is 1. The highest BCUT2D eigenvalue weighted by Crippen LogP contribution is 2.28. The number of aryl methyl sites for hydroxylation is 1. The van der Waals surface area contributed by atoms with Gasteiger partial charge in [0.2, 0.25) is 0 Å². The van der Waals surface area contributed by atoms with Crippen LogP contribution >= 0.6 is 11.3 Å². The van der Waals surface area contributed by atoms with E-state index < -0.39 is 18.0 Å². The molecule has 0 saturated carbocycles. The van der Waals surface area contributed by atoms with Gasteiger partial charge in [-0.2, -0.15) is 0 Å². The third kappa shape index (κ3) is 4.26. The van der Waals surface area contributed by atoms with Crippen LogP contribution in [0.1, 0.15) is 41.7 Å². The highest BCUT2D eigenvalue weighted by molar-refractivity contribution is 7.13. The fraction of sp³-hybridized carbons (Fsp3) is 0.667. The van der Waals surface area contributed by atoms with E-state index in [0.717, 1.165) is 12.8 Å². The van der Waals surface area contributed by atoms with Crippen LogP contribution in [-0.4, -0.2) is 42.3 Å². The summed E-state index contributed by atoms with van der Waals surface area (Å²) in [7, 11) is 0. The first-order valence-corrected chi connectivity index (χ1v) is 7.99. The number of hydrogen-bond donors (Lipinski definition) is 1. The summed E-state index contributed by atoms with van der Waals surface area (Å²) >= 11 is 1.46. The number of carbonyl (C=O) groups excluding carboxylic acids is 1. The van der Waals surface area contributed by atoms with Gasteiger partial charge >= 0.3 is 5.97 Å². The van der Waals surface area contributed by atoms with Crippen LogP contribution in [0.25, 0.3) is 0 Å². The summed E-state index contributed by atoms with van der Waals surface area (Å²) in [5, 5.41) is 9.27. The van der Waals surface area contributed by atoms with E-state index in [1.54, 1.807) is 19.9 Å². The Balaban J connectivity index is 1.88. The smallest absolute Gasteiger partial charge is 0.348 e. The minimum Gasteiger partial charge on any atom is -0.459 e. The summed E-state index contributed by atoms with van der Waals surface area (Å²) in [6, 6.07) is 3.75. The predicted octanol–water partition coefficient (Wildman–Crippen LogP) is 2.37. The molecule has 0 bridgehead atoms. The molecule has 1 aromatic heterocycles. The highest BCUT2D eigenvalue weighted by atomic mass is 32.1. The fourth-order valence-electron chi connectivity index (χ4n) is 2.30. The van der Waals surface area contributed by atoms with Crippen LogP contribution < -0.4 is 0 Å². The Morgan fingerprint density at radius 2 is 2.10 bits per heavy atom. The highest BCUT2D eigenvalue weighted by Gasteiger charge is 2.41. The molecule has 118 valence electrons. The summed E-state index contributed by atoms with van der Waals surface area (Å²) in [4.78, 5) is 13.8. The van der Waals surface area contributed by atoms with Crippen molar-refractivity contribution < 1.29 is 24.1 Å². The second kappa shape index (κ2) is 6.87. The quantitative estimate of drug-likeness (QED) is 0.817. The summed E-state index contributed by atoms with van der Waals surface area (Å²) < 4.78 is 16.4. The topological polar surface area (TPSA) is 65.0 Å². The Morgan fingerprint density at radius 1 is 1.38 bits per heavy atom. The first-order chi connectivity index (χ1) is 9.95. The Bertz CT molecular complexity index is 482. The van der Waals surface area contributed by atoms with Crippen LogP contribution in [0.5, 0.6) is 0 Å². The number of rotatable bonds is 6. The monoisotopic (exact) mass is 314 g/mol. The normalized spacial score (nSPS) is 24.2. The zero-order valence-corrected chi connectivity index (χ0v) is 13.4. The number of hydrogen-bond acceptors (Lipinski definition) is 6. The lowest BCUT2D eigenvalue weighted by molar-refractivity contribution is -0.151. The van der Waals surface area contributed by atoms with E-state index in [1.165, 1.54) is 16.2 Å². The van der Waals surface area contributed by atoms with Gasteiger partial charge in [0.1, 0.15) is 23.7 Å². The third-order valence-electron chi connectivity index (χ3n) is 3.20. The summed E-state index contributed by atoms with van der Waals surface area (Å²) in [5.41, 5.74) is 0. The van der Waals surface area contributed by atoms with Crippen LogP contribution in [-0.2, 0) is 20.6 Å². The van der Waals surface area contributed by atoms with Crippen LogP contribution in [0.4, 0.5) is 0 Å². The molecule has 0 aromatic carbocycles. The van der Waals surface area contributed by atoms with E-state index in [-0.39, 0.29) is 19.2 Å². The van der Waals surface area contributed by atoms with Crippen LogP contribution in [0.2, 0.25) is 0 Å². The maximum Gasteiger partial charge on any atom is 0.348 e. The van der Waals surface area contributed by atoms with Gasteiger partial charge in [0.05, 0.1) is 6.61 Å². The first-order valence-electron chi connectivity index (χ1n) is 7.17. The molecule has 0 radical (unpaired) electrons. The van der Waals surface area contributed by atoms with Crippen molar-refractivity contribution in [2.45, 2.75) is 51.6 Å². The molecule has 2 heterocycles. The standard InChI is InChI=1S/C15H22O5S/c1-4-5-10-6-7-13(21-10)14(17)18-9-12-11(8-16)19-15(2,3)20-12/h6-7,11-12,16H,4-5,8-9H2,1-3H3/t11-,12?/m0/s1. The molecule has 0 spiro atoms. The van der Waals surface area contributed by atoms with Crippen molar-refractivity contribution in [3.63, 3.8) is 0 Å². The van der Waals surface area contributed by atoms with Gasteiger partial charge in [0.15, 0.2) is 5.79 Å². The van der Waals surface area contributed by atoms with Gasteiger partial charge in [-0.25, -0.2) is 4.79 Å². The molecule has 1 fully saturated rings. The van der Waals surface area contributed by atoms with E-state index in [2.05, 4.69) is 6.92 Å². The molecule has 2 atom stereocenters. The molecule has 5 nitrogen and oxygen atoms in total. The second-order valence-electron chi connectivity index (χ2n) is 5.51. The third-order valence-corrected chi connectivity index (χ3v) is 4.33. The van der Waals surface area contributed by atoms with Crippen molar-refractivity contribution in [2.24, 2.45) is 0 Å². The molecule has 1 saturated heterocycles. The number of thiophene rings is 1. The number of esters is 1. The van der Waals surface area contributed by atoms with E-state index >= 15 is 0 Å². The number of ether oxygens (including phenoxy) is 3. The summed E-state index contributed by atoms with van der Waals surface area (Å²) in [6.45, 7) is 5.56. The van der Waals surface area contributed by atoms with Gasteiger partial charge in [0.25, 0.3) is 0 Å². The number of aliphatic hydroxyl groups excluding tert-OH is 1. The van der Waals surface area contributed by atoms with Gasteiger partial charge in [-0.3, -0.25) is 0 Å². The van der Waals surface area contributed by atoms with Crippen LogP contribution in [0, 0.1) is 0 Å². The average molecular weight is 314 g/mol. The second-order valence-corrected chi connectivity index (χ2v) is 6.68. The van der Waals surface area contributed by atoms with Crippen molar-refractivity contribution in [3.8, 4) is 0 Å². The van der Waals surface area contributed by atoms with Gasteiger partial charge in [-0.1, -0.05) is 13.3 Å². The van der Waals surface area contributed by atoms with Crippen molar-refractivity contribution in [1.82, 2.24) is 0 Å². The van der Waals surface area contributed by atoms with Gasteiger partial charge < -0.3 is 19.3 Å². The van der Waals surface area contributed by atoms with Gasteiger partial charge in [0, 0.05) is 4.88 Å². The largest absolute Gasteiger partial charge is 0.459 e. The molecule has 1 unspecified atom stereocenters. The van der Waals surface area contributed by atoms with Crippen LogP contribution in [0.15, 0.2) is 12.1 Å². The molecule has 0 amide bonds. The molecule has 1 N–H and O–H groups in total. The van der Waals surface area contributed by atoms with E-state index in [4.69, 9.17) is 14.2 Å². The van der Waals surface area contributed by atoms with Crippen molar-refractivity contribution in [2.75, 3.05) is 13.2 Å². The molecule has 21 heavy (non-hydrogen) atoms. The molecule has 6 heteroatoms. The molecule has 0 aliphatic carbocycles. The summed E-state index contributed by atoms with van der Waals surface area (Å²) in [5.74, 6) is -1.12. The predicted molar refractivity (Wildman–Crippen MR) is 79.5 cm³/mol. The fourth-order valence-corrected chi connectivity index (χ4v) is 3.31. The molecule has 1 aliphatic heterocycles. The Kier molecular flexibility index (Phi) is 5.37. The Hall–Kier alpha value is -0.950. The Labute approximate surface area is 128 Å². The van der Waals surface area contributed by atoms with Gasteiger partial charge in [-0.05, 0) is 32.4 Å². The van der Waals surface area contributed by atoms with E-state index in [1.807, 2.05) is 6.07 Å². The molecular weight excluding hydrogens is 292 g/mol. The SMILES string of the molecule is CCCc1ccc(C(=O)OCC2OC(C)(C)O[C@H]2CO)s1. The number of carbonyl (C=O) groups is 1. The van der Waals surface area contributed by atoms with Crippen molar-refractivity contribution in [3.05, 3.63) is 21.9 Å². The lowest BCUT2D eigenvalue weighted by Crippen LogP contribution is -2.31. The van der Waals surface area contributed by atoms with Gasteiger partial charge in [-0.15, -0.1) is 11.3 Å². The molecule has 2 rings (SSSR count). The zero-order valence-electron chi connectivity index (χ0n) is 12.6. The maximum atomic E-state index is 12.0. The Morgan fingerprint density at radius 3 is 2.76 bits per heavy atom. The molecule has 1 aromatic rings. The van der Waals surface area contributed by atoms with Crippen molar-refractivity contribution >= 4 is 17.3 Å². The summed E-state index contributed by atoms with van der Waals surface area (Å²) in [6.07, 6.45) is 1.11. The van der Waals surface area contributed by atoms with E-state index in [0.29, 0.717) is 4.88 Å². The van der Waals surface area contributed by atoms with E-state index in [9.17, 15) is 9.90 Å². The average Bonchev–Trinajstić information content (AvgIpc) is 3.00. The lowest BCUT2D eigenvalue weighted by Gasteiger charge is -2.16. The minimum atomic E-state index is -0.762. The first kappa shape index (κ1) is 16.4.